The highest BCUT2D eigenvalue weighted by atomic mass is 16.3. The Bertz CT molecular complexity index is 263. The van der Waals surface area contributed by atoms with Crippen molar-refractivity contribution in [1.29, 1.82) is 0 Å². The summed E-state index contributed by atoms with van der Waals surface area (Å²) in [4.78, 5) is 0. The Morgan fingerprint density at radius 1 is 1.06 bits per heavy atom. The predicted octanol–water partition coefficient (Wildman–Crippen LogP) is 4.64. The van der Waals surface area contributed by atoms with Crippen molar-refractivity contribution in [3.05, 3.63) is 0 Å². The molecule has 1 heteroatoms. The van der Waals surface area contributed by atoms with Gasteiger partial charge < -0.3 is 5.11 Å². The zero-order valence-corrected chi connectivity index (χ0v) is 12.8. The third kappa shape index (κ3) is 3.10. The molecule has 2 saturated carbocycles. The van der Waals surface area contributed by atoms with Gasteiger partial charge in [0.25, 0.3) is 0 Å². The van der Waals surface area contributed by atoms with Crippen molar-refractivity contribution < 1.29 is 5.11 Å². The molecule has 18 heavy (non-hydrogen) atoms. The summed E-state index contributed by atoms with van der Waals surface area (Å²) in [5.74, 6) is 3.66. The second-order valence-electron chi connectivity index (χ2n) is 7.82. The summed E-state index contributed by atoms with van der Waals surface area (Å²) >= 11 is 0. The molecule has 1 nitrogen and oxygen atoms in total. The van der Waals surface area contributed by atoms with Crippen LogP contribution in [0.5, 0.6) is 0 Å². The van der Waals surface area contributed by atoms with Gasteiger partial charge in [0, 0.05) is 0 Å². The smallest absolute Gasteiger partial charge is 0.0678 e. The van der Waals surface area contributed by atoms with Gasteiger partial charge >= 0.3 is 0 Å². The van der Waals surface area contributed by atoms with Crippen LogP contribution in [-0.2, 0) is 0 Å². The summed E-state index contributed by atoms with van der Waals surface area (Å²) in [7, 11) is 0. The van der Waals surface area contributed by atoms with E-state index in [0.29, 0.717) is 5.92 Å². The summed E-state index contributed by atoms with van der Waals surface area (Å²) in [5, 5.41) is 11.2. The number of hydrogen-bond donors (Lipinski definition) is 1. The van der Waals surface area contributed by atoms with Crippen LogP contribution in [0.25, 0.3) is 0 Å². The molecule has 0 spiro atoms. The first-order valence-corrected chi connectivity index (χ1v) is 8.13. The van der Waals surface area contributed by atoms with Crippen LogP contribution in [0.3, 0.4) is 0 Å². The van der Waals surface area contributed by atoms with Crippen molar-refractivity contribution in [2.24, 2.45) is 29.6 Å². The lowest BCUT2D eigenvalue weighted by Gasteiger charge is -2.47. The lowest BCUT2D eigenvalue weighted by Crippen LogP contribution is -2.46. The van der Waals surface area contributed by atoms with Crippen molar-refractivity contribution in [2.75, 3.05) is 0 Å². The minimum atomic E-state index is -0.337. The van der Waals surface area contributed by atoms with E-state index < -0.39 is 0 Å². The van der Waals surface area contributed by atoms with Crippen LogP contribution in [0, 0.1) is 29.6 Å². The molecule has 2 aliphatic rings. The fourth-order valence-electron chi connectivity index (χ4n) is 4.65. The van der Waals surface area contributed by atoms with Crippen LogP contribution in [0.1, 0.15) is 72.6 Å². The largest absolute Gasteiger partial charge is 0.390 e. The Kier molecular flexibility index (Phi) is 4.41. The van der Waals surface area contributed by atoms with Crippen molar-refractivity contribution in [1.82, 2.24) is 0 Å². The molecule has 0 aliphatic heterocycles. The Morgan fingerprint density at radius 3 is 2.22 bits per heavy atom. The quantitative estimate of drug-likeness (QED) is 0.759. The van der Waals surface area contributed by atoms with Gasteiger partial charge in [0.1, 0.15) is 0 Å². The molecule has 0 aromatic carbocycles. The van der Waals surface area contributed by atoms with Gasteiger partial charge in [0.2, 0.25) is 0 Å². The first kappa shape index (κ1) is 14.4. The van der Waals surface area contributed by atoms with Gasteiger partial charge in [0.15, 0.2) is 0 Å². The van der Waals surface area contributed by atoms with Crippen molar-refractivity contribution in [2.45, 2.75) is 78.2 Å². The summed E-state index contributed by atoms with van der Waals surface area (Å²) in [6.07, 6.45) is 8.56. The first-order valence-electron chi connectivity index (χ1n) is 8.13. The van der Waals surface area contributed by atoms with Crippen molar-refractivity contribution in [3.63, 3.8) is 0 Å². The maximum absolute atomic E-state index is 11.2. The Balaban J connectivity index is 2.05. The van der Waals surface area contributed by atoms with E-state index in [2.05, 4.69) is 27.7 Å². The summed E-state index contributed by atoms with van der Waals surface area (Å²) in [6.45, 7) is 9.38. The molecular formula is C17H32O. The predicted molar refractivity (Wildman–Crippen MR) is 77.4 cm³/mol. The fourth-order valence-corrected chi connectivity index (χ4v) is 4.65. The fraction of sp³-hybridized carbons (Fsp3) is 1.00. The minimum Gasteiger partial charge on any atom is -0.390 e. The van der Waals surface area contributed by atoms with Crippen LogP contribution >= 0.6 is 0 Å². The molecule has 0 heterocycles. The van der Waals surface area contributed by atoms with Crippen molar-refractivity contribution in [3.8, 4) is 0 Å². The molecule has 4 unspecified atom stereocenters. The maximum Gasteiger partial charge on any atom is 0.0678 e. The average Bonchev–Trinajstić information content (AvgIpc) is 2.27. The molecule has 2 rings (SSSR count). The van der Waals surface area contributed by atoms with Gasteiger partial charge in [-0.1, -0.05) is 34.1 Å². The topological polar surface area (TPSA) is 20.2 Å². The van der Waals surface area contributed by atoms with Crippen LogP contribution in [0.15, 0.2) is 0 Å². The van der Waals surface area contributed by atoms with E-state index in [4.69, 9.17) is 0 Å². The standard InChI is InChI=1S/C17H32O/c1-12(2)15-6-5-7-17(18,11-15)16-9-13(3)8-14(4)10-16/h12-16,18H,5-11H2,1-4H3. The molecule has 0 radical (unpaired) electrons. The third-order valence-corrected chi connectivity index (χ3v) is 5.68. The van der Waals surface area contributed by atoms with E-state index in [-0.39, 0.29) is 5.60 Å². The molecule has 0 bridgehead atoms. The zero-order chi connectivity index (χ0) is 13.3. The summed E-state index contributed by atoms with van der Waals surface area (Å²) in [5.41, 5.74) is -0.337. The molecule has 0 aromatic heterocycles. The Labute approximate surface area is 113 Å². The highest BCUT2D eigenvalue weighted by Crippen LogP contribution is 2.47. The minimum absolute atomic E-state index is 0.337. The maximum atomic E-state index is 11.2. The number of hydrogen-bond acceptors (Lipinski definition) is 1. The van der Waals surface area contributed by atoms with Crippen molar-refractivity contribution >= 4 is 0 Å². The van der Waals surface area contributed by atoms with Crippen LogP contribution in [0.4, 0.5) is 0 Å². The molecule has 2 fully saturated rings. The first-order chi connectivity index (χ1) is 8.40. The van der Waals surface area contributed by atoms with E-state index >= 15 is 0 Å². The average molecular weight is 252 g/mol. The molecule has 0 amide bonds. The zero-order valence-electron chi connectivity index (χ0n) is 12.8. The van der Waals surface area contributed by atoms with Gasteiger partial charge in [-0.3, -0.25) is 0 Å². The third-order valence-electron chi connectivity index (χ3n) is 5.68. The second-order valence-corrected chi connectivity index (χ2v) is 7.82. The van der Waals surface area contributed by atoms with Gasteiger partial charge in [-0.25, -0.2) is 0 Å². The van der Waals surface area contributed by atoms with E-state index in [9.17, 15) is 5.11 Å². The molecule has 0 aromatic rings. The summed E-state index contributed by atoms with van der Waals surface area (Å²) < 4.78 is 0. The Morgan fingerprint density at radius 2 is 1.67 bits per heavy atom. The molecule has 4 atom stereocenters. The highest BCUT2D eigenvalue weighted by Gasteiger charge is 2.43. The van der Waals surface area contributed by atoms with Crippen LogP contribution in [-0.4, -0.2) is 10.7 Å². The Hall–Kier alpha value is -0.0400. The normalized spacial score (nSPS) is 46.3. The number of rotatable bonds is 2. The lowest BCUT2D eigenvalue weighted by molar-refractivity contribution is -0.0924. The molecular weight excluding hydrogens is 220 g/mol. The molecule has 1 N–H and O–H groups in total. The van der Waals surface area contributed by atoms with E-state index in [1.54, 1.807) is 0 Å². The van der Waals surface area contributed by atoms with E-state index in [1.165, 1.54) is 32.1 Å². The monoisotopic (exact) mass is 252 g/mol. The van der Waals surface area contributed by atoms with E-state index in [1.807, 2.05) is 0 Å². The van der Waals surface area contributed by atoms with Gasteiger partial charge in [0.05, 0.1) is 5.60 Å². The van der Waals surface area contributed by atoms with Gasteiger partial charge in [-0.2, -0.15) is 0 Å². The lowest BCUT2D eigenvalue weighted by atomic mass is 9.62. The summed E-state index contributed by atoms with van der Waals surface area (Å²) in [6, 6.07) is 0. The SMILES string of the molecule is CC1CC(C)CC(C2(O)CCCC(C(C)C)C2)C1. The van der Waals surface area contributed by atoms with E-state index in [0.717, 1.165) is 36.5 Å². The highest BCUT2D eigenvalue weighted by molar-refractivity contribution is 4.95. The van der Waals surface area contributed by atoms with Crippen LogP contribution in [0.2, 0.25) is 0 Å². The number of aliphatic hydroxyl groups is 1. The second kappa shape index (κ2) is 5.53. The molecule has 106 valence electrons. The van der Waals surface area contributed by atoms with Crippen LogP contribution < -0.4 is 0 Å². The van der Waals surface area contributed by atoms with Gasteiger partial charge in [-0.15, -0.1) is 0 Å². The molecule has 0 saturated heterocycles. The molecule has 2 aliphatic carbocycles. The van der Waals surface area contributed by atoms with Gasteiger partial charge in [-0.05, 0) is 68.1 Å².